The molecule has 0 fully saturated rings. The second-order valence-corrected chi connectivity index (χ2v) is 4.07. The van der Waals surface area contributed by atoms with E-state index in [1.165, 1.54) is 0 Å². The third-order valence-corrected chi connectivity index (χ3v) is 3.02. The fourth-order valence-corrected chi connectivity index (χ4v) is 2.21. The minimum Gasteiger partial charge on any atom is -0.299 e. The van der Waals surface area contributed by atoms with Crippen molar-refractivity contribution in [2.75, 3.05) is 0 Å². The monoisotopic (exact) mass is 487 g/mol. The molecule has 0 radical (unpaired) electrons. The minimum absolute atomic E-state index is 0. The van der Waals surface area contributed by atoms with Crippen LogP contribution >= 0.6 is 0 Å². The molecule has 0 heterocycles. The molecule has 0 saturated heterocycles. The van der Waals surface area contributed by atoms with Crippen molar-refractivity contribution in [2.24, 2.45) is 0 Å². The Morgan fingerprint density at radius 2 is 1.16 bits per heavy atom. The maximum absolute atomic E-state index is 10.7. The second-order valence-electron chi connectivity index (χ2n) is 4.07. The molecule has 4 heteroatoms. The van der Waals surface area contributed by atoms with Crippen LogP contribution in [0.15, 0.2) is 42.5 Å². The van der Waals surface area contributed by atoms with E-state index in [-0.39, 0.29) is 138 Å². The van der Waals surface area contributed by atoms with Gasteiger partial charge in [0.15, 0.2) is 0 Å². The third kappa shape index (κ3) is 3.94. The van der Waals surface area contributed by atoms with Crippen molar-refractivity contribution in [3.05, 3.63) is 53.6 Å². The van der Waals surface area contributed by atoms with Crippen LogP contribution in [0.2, 0.25) is 0 Å². The van der Waals surface area contributed by atoms with Gasteiger partial charge in [-0.15, -0.1) is 39.7 Å². The van der Waals surface area contributed by atoms with E-state index in [2.05, 4.69) is 0 Å². The van der Waals surface area contributed by atoms with Crippen LogP contribution in [0, 0.1) is 0 Å². The average Bonchev–Trinajstić information content (AvgIpc) is 2.74. The Hall–Kier alpha value is 1.75. The molecule has 3 aromatic rings. The van der Waals surface area contributed by atoms with Gasteiger partial charge in [0.25, 0.3) is 0 Å². The summed E-state index contributed by atoms with van der Waals surface area (Å²) in [5, 5.41) is 4.30. The number of rotatable bonds is 2. The van der Waals surface area contributed by atoms with Gasteiger partial charge in [0.05, 0.1) is 0 Å². The zero-order chi connectivity index (χ0) is 11.8. The molecule has 0 atom stereocenters. The number of carbonyl (C=O) groups is 2. The first kappa shape index (κ1) is 18.8. The number of benzene rings is 2. The van der Waals surface area contributed by atoms with E-state index < -0.39 is 0 Å². The van der Waals surface area contributed by atoms with Crippen molar-refractivity contribution in [3.8, 4) is 0 Å². The van der Waals surface area contributed by atoms with Crippen LogP contribution in [0.25, 0.3) is 21.5 Å². The van der Waals surface area contributed by atoms with Gasteiger partial charge in [-0.1, -0.05) is 24.3 Å². The van der Waals surface area contributed by atoms with Crippen molar-refractivity contribution in [1.29, 1.82) is 0 Å². The molecule has 0 spiro atoms. The first-order valence-corrected chi connectivity index (χ1v) is 5.35. The topological polar surface area (TPSA) is 34.1 Å². The average molecular weight is 487 g/mol. The molecule has 0 bridgehead atoms. The fourth-order valence-electron chi connectivity index (χ4n) is 2.21. The molecular weight excluding hydrogens is 478 g/mol. The van der Waals surface area contributed by atoms with Crippen LogP contribution in [-0.4, -0.2) is 12.6 Å². The van der Waals surface area contributed by atoms with E-state index in [0.717, 1.165) is 34.1 Å². The Labute approximate surface area is 228 Å². The maximum Gasteiger partial charge on any atom is 1.00 e. The number of aldehydes is 2. The van der Waals surface area contributed by atoms with Crippen molar-refractivity contribution in [2.45, 2.75) is 0 Å². The van der Waals surface area contributed by atoms with Crippen LogP contribution in [0.5, 0.6) is 0 Å². The van der Waals surface area contributed by atoms with Crippen LogP contribution in [0.4, 0.5) is 0 Å². The predicted octanol–water partition coefficient (Wildman–Crippen LogP) is -2.66. The Balaban J connectivity index is 0.000000902. The summed E-state index contributed by atoms with van der Waals surface area (Å²) >= 11 is 0. The number of carbonyl (C=O) groups excluding carboxylic acids is 2. The maximum atomic E-state index is 10.7. The summed E-state index contributed by atoms with van der Waals surface area (Å²) in [6, 6.07) is 13.2. The summed E-state index contributed by atoms with van der Waals surface area (Å²) in [5.74, 6) is 0. The van der Waals surface area contributed by atoms with Gasteiger partial charge >= 0.3 is 138 Å². The Kier molecular flexibility index (Phi) is 8.32. The van der Waals surface area contributed by atoms with E-state index in [9.17, 15) is 9.59 Å². The summed E-state index contributed by atoms with van der Waals surface area (Å²) in [6.07, 6.45) is 1.68. The summed E-state index contributed by atoms with van der Waals surface area (Å²) < 4.78 is 0. The number of hydrogen-bond donors (Lipinski definition) is 0. The van der Waals surface area contributed by atoms with Gasteiger partial charge in [0.1, 0.15) is 12.6 Å². The van der Waals surface area contributed by atoms with Crippen molar-refractivity contribution in [3.63, 3.8) is 0 Å². The zero-order valence-electron chi connectivity index (χ0n) is 11.0. The largest absolute Gasteiger partial charge is 1.00 e. The van der Waals surface area contributed by atoms with Crippen molar-refractivity contribution in [1.82, 2.24) is 0 Å². The molecule has 0 N–H and O–H groups in total. The molecule has 82 valence electrons. The molecule has 3 aromatic carbocycles. The molecule has 0 aliphatic heterocycles. The van der Waals surface area contributed by atoms with Gasteiger partial charge < -0.3 is 0 Å². The fraction of sp³-hybridized carbons (Fsp3) is 0. The summed E-state index contributed by atoms with van der Waals surface area (Å²) in [6.45, 7) is 0. The van der Waals surface area contributed by atoms with E-state index in [0.29, 0.717) is 11.1 Å². The van der Waals surface area contributed by atoms with E-state index >= 15 is 0 Å². The molecular formula is C15H9Cs2O2+. The molecule has 0 aromatic heterocycles. The molecule has 19 heavy (non-hydrogen) atoms. The normalized spacial score (nSPS) is 9.68. The van der Waals surface area contributed by atoms with E-state index in [4.69, 9.17) is 0 Å². The summed E-state index contributed by atoms with van der Waals surface area (Å²) in [7, 11) is 0. The van der Waals surface area contributed by atoms with Gasteiger partial charge in [0.2, 0.25) is 0 Å². The molecule has 0 saturated carbocycles. The van der Waals surface area contributed by atoms with Crippen molar-refractivity contribution >= 4 is 34.1 Å². The van der Waals surface area contributed by atoms with Gasteiger partial charge in [-0.25, -0.2) is 0 Å². The minimum atomic E-state index is 0. The molecule has 0 aliphatic rings. The Morgan fingerprint density at radius 3 is 1.53 bits per heavy atom. The number of hydrogen-bond acceptors (Lipinski definition) is 2. The predicted molar refractivity (Wildman–Crippen MR) is 67.8 cm³/mol. The van der Waals surface area contributed by atoms with Crippen LogP contribution in [0.1, 0.15) is 20.7 Å². The molecule has 0 amide bonds. The molecule has 0 unspecified atom stereocenters. The third-order valence-electron chi connectivity index (χ3n) is 3.02. The standard InChI is InChI=1S/C15H9O2.2Cs/c16-8-10-1-3-14-12(5-10)7-13-6-11(9-17)2-4-15(13)14;;/h1-9H;;/q-1;2*+1. The molecule has 2 nitrogen and oxygen atoms in total. The Morgan fingerprint density at radius 1 is 0.737 bits per heavy atom. The Bertz CT molecular complexity index is 682. The van der Waals surface area contributed by atoms with Crippen LogP contribution in [0.3, 0.4) is 0 Å². The summed E-state index contributed by atoms with van der Waals surface area (Å²) in [5.41, 5.74) is 1.34. The first-order valence-electron chi connectivity index (χ1n) is 5.35. The summed E-state index contributed by atoms with van der Waals surface area (Å²) in [4.78, 5) is 21.4. The smallest absolute Gasteiger partial charge is 0.299 e. The zero-order valence-corrected chi connectivity index (χ0v) is 23.6. The SMILES string of the molecule is O=Cc1ccc2c(c1)[cH-]c1cc(C=O)ccc12.[Cs+].[Cs+]. The van der Waals surface area contributed by atoms with Gasteiger partial charge in [0, 0.05) is 0 Å². The van der Waals surface area contributed by atoms with Gasteiger partial charge in [-0.2, -0.15) is 0 Å². The van der Waals surface area contributed by atoms with Gasteiger partial charge in [-0.3, -0.25) is 9.59 Å². The first-order chi connectivity index (χ1) is 8.31. The second kappa shape index (κ2) is 8.40. The number of fused-ring (bicyclic) bond motifs is 3. The quantitative estimate of drug-likeness (QED) is 0.293. The van der Waals surface area contributed by atoms with E-state index in [1.54, 1.807) is 0 Å². The van der Waals surface area contributed by atoms with Crippen LogP contribution < -0.4 is 138 Å². The molecule has 0 aliphatic carbocycles. The van der Waals surface area contributed by atoms with Crippen molar-refractivity contribution < 1.29 is 147 Å². The van der Waals surface area contributed by atoms with Crippen LogP contribution in [-0.2, 0) is 0 Å². The van der Waals surface area contributed by atoms with Gasteiger partial charge in [-0.05, 0) is 11.1 Å². The van der Waals surface area contributed by atoms with E-state index in [1.807, 2.05) is 42.5 Å². The molecule has 3 rings (SSSR count).